The number of halogens is 2. The second-order valence-corrected chi connectivity index (χ2v) is 16.0. The van der Waals surface area contributed by atoms with Gasteiger partial charge in [-0.3, -0.25) is 19.6 Å². The lowest BCUT2D eigenvalue weighted by Gasteiger charge is -2.52. The Bertz CT molecular complexity index is 1260. The molecule has 1 N–H and O–H groups in total. The predicted octanol–water partition coefficient (Wildman–Crippen LogP) is 6.27. The molecule has 6 nitrogen and oxygen atoms in total. The van der Waals surface area contributed by atoms with Gasteiger partial charge in [0.15, 0.2) is 0 Å². The Balaban J connectivity index is 1.18. The lowest BCUT2D eigenvalue weighted by atomic mass is 9.81. The topological polar surface area (TPSA) is 51.7 Å². The van der Waals surface area contributed by atoms with Gasteiger partial charge in [0.1, 0.15) is 0 Å². The molecule has 3 saturated heterocycles. The highest BCUT2D eigenvalue weighted by molar-refractivity contribution is 9.10. The SMILES string of the molecule is CC(C)(C)C1CN(C2CCN(C3(C)c4ccc(Cl)cc4CCc4cc(Br)cnc43)CC2)CCN1C(=O)CC1CCNCC1. The molecule has 1 aromatic carbocycles. The minimum atomic E-state index is -0.300. The number of piperazine rings is 1. The average Bonchev–Trinajstić information content (AvgIpc) is 3.11. The number of hydrogen-bond donors (Lipinski definition) is 1. The van der Waals surface area contributed by atoms with E-state index in [-0.39, 0.29) is 17.0 Å². The van der Waals surface area contributed by atoms with E-state index >= 15 is 0 Å². The average molecular weight is 671 g/mol. The van der Waals surface area contributed by atoms with E-state index < -0.39 is 0 Å². The number of aryl methyl sites for hydroxylation is 2. The number of hydrogen-bond acceptors (Lipinski definition) is 5. The normalized spacial score (nSPS) is 26.6. The third-order valence-electron chi connectivity index (χ3n) is 10.9. The van der Waals surface area contributed by atoms with E-state index in [0.717, 1.165) is 93.8 Å². The molecule has 4 heterocycles. The summed E-state index contributed by atoms with van der Waals surface area (Å²) in [6.07, 6.45) is 9.12. The Morgan fingerprint density at radius 3 is 2.49 bits per heavy atom. The fourth-order valence-electron chi connectivity index (χ4n) is 8.37. The number of likely N-dealkylation sites (tertiary alicyclic amines) is 1. The molecular formula is C35H49BrClN5O. The monoisotopic (exact) mass is 669 g/mol. The van der Waals surface area contributed by atoms with Crippen LogP contribution >= 0.6 is 27.5 Å². The van der Waals surface area contributed by atoms with Gasteiger partial charge in [-0.05, 0) is 121 Å². The largest absolute Gasteiger partial charge is 0.337 e. The van der Waals surface area contributed by atoms with E-state index in [1.54, 1.807) is 0 Å². The molecule has 8 heteroatoms. The molecule has 0 radical (unpaired) electrons. The van der Waals surface area contributed by atoms with Crippen molar-refractivity contribution < 1.29 is 4.79 Å². The maximum atomic E-state index is 13.6. The summed E-state index contributed by atoms with van der Waals surface area (Å²) in [7, 11) is 0. The molecule has 43 heavy (non-hydrogen) atoms. The van der Waals surface area contributed by atoms with Crippen LogP contribution in [0.5, 0.6) is 0 Å². The smallest absolute Gasteiger partial charge is 0.223 e. The molecule has 0 spiro atoms. The predicted molar refractivity (Wildman–Crippen MR) is 179 cm³/mol. The highest BCUT2D eigenvalue weighted by atomic mass is 79.9. The lowest BCUT2D eigenvalue weighted by molar-refractivity contribution is -0.142. The summed E-state index contributed by atoms with van der Waals surface area (Å²) in [4.78, 5) is 26.3. The summed E-state index contributed by atoms with van der Waals surface area (Å²) >= 11 is 10.2. The molecule has 3 aliphatic heterocycles. The van der Waals surface area contributed by atoms with Crippen molar-refractivity contribution in [3.63, 3.8) is 0 Å². The summed E-state index contributed by atoms with van der Waals surface area (Å²) in [5.41, 5.74) is 4.94. The van der Waals surface area contributed by atoms with Gasteiger partial charge in [-0.1, -0.05) is 38.4 Å². The molecule has 3 fully saturated rings. The summed E-state index contributed by atoms with van der Waals surface area (Å²) in [5, 5.41) is 4.25. The van der Waals surface area contributed by atoms with Crippen LogP contribution in [0.4, 0.5) is 0 Å². The number of carbonyl (C=O) groups is 1. The van der Waals surface area contributed by atoms with Gasteiger partial charge in [-0.15, -0.1) is 0 Å². The van der Waals surface area contributed by atoms with Crippen LogP contribution in [0.2, 0.25) is 5.02 Å². The van der Waals surface area contributed by atoms with E-state index in [9.17, 15) is 4.79 Å². The lowest BCUT2D eigenvalue weighted by Crippen LogP contribution is -2.63. The van der Waals surface area contributed by atoms with Gasteiger partial charge in [-0.2, -0.15) is 0 Å². The molecular weight excluding hydrogens is 622 g/mol. The van der Waals surface area contributed by atoms with Crippen LogP contribution in [0.15, 0.2) is 34.9 Å². The highest BCUT2D eigenvalue weighted by Gasteiger charge is 2.45. The number of nitrogens with zero attached hydrogens (tertiary/aromatic N) is 4. The van der Waals surface area contributed by atoms with Crippen molar-refractivity contribution in [2.24, 2.45) is 11.3 Å². The number of carbonyl (C=O) groups excluding carboxylic acids is 1. The summed E-state index contributed by atoms with van der Waals surface area (Å²) < 4.78 is 1.04. The van der Waals surface area contributed by atoms with Gasteiger partial charge in [0.25, 0.3) is 0 Å². The van der Waals surface area contributed by atoms with Crippen molar-refractivity contribution in [3.8, 4) is 0 Å². The van der Waals surface area contributed by atoms with Crippen molar-refractivity contribution in [2.75, 3.05) is 45.8 Å². The molecule has 0 bridgehead atoms. The number of amides is 1. The van der Waals surface area contributed by atoms with Crippen LogP contribution in [-0.2, 0) is 23.2 Å². The Morgan fingerprint density at radius 1 is 1.05 bits per heavy atom. The van der Waals surface area contributed by atoms with E-state index in [4.69, 9.17) is 16.6 Å². The molecule has 4 aliphatic rings. The maximum absolute atomic E-state index is 13.6. The van der Waals surface area contributed by atoms with Crippen molar-refractivity contribution in [1.29, 1.82) is 0 Å². The van der Waals surface area contributed by atoms with E-state index in [0.29, 0.717) is 24.3 Å². The zero-order valence-electron chi connectivity index (χ0n) is 26.5. The minimum Gasteiger partial charge on any atom is -0.337 e. The molecule has 2 aromatic rings. The van der Waals surface area contributed by atoms with Gasteiger partial charge in [0.2, 0.25) is 5.91 Å². The van der Waals surface area contributed by atoms with Gasteiger partial charge < -0.3 is 10.2 Å². The molecule has 0 saturated carbocycles. The van der Waals surface area contributed by atoms with Crippen LogP contribution in [-0.4, -0.2) is 83.5 Å². The van der Waals surface area contributed by atoms with Crippen molar-refractivity contribution >= 4 is 33.4 Å². The summed E-state index contributed by atoms with van der Waals surface area (Å²) in [5.74, 6) is 0.906. The molecule has 234 valence electrons. The molecule has 1 amide bonds. The van der Waals surface area contributed by atoms with Gasteiger partial charge in [-0.25, -0.2) is 0 Å². The number of aromatic nitrogens is 1. The Hall–Kier alpha value is -1.51. The molecule has 2 atom stereocenters. The van der Waals surface area contributed by atoms with E-state index in [2.05, 4.69) is 81.8 Å². The van der Waals surface area contributed by atoms with Crippen LogP contribution in [0, 0.1) is 11.3 Å². The van der Waals surface area contributed by atoms with Crippen molar-refractivity contribution in [1.82, 2.24) is 25.0 Å². The summed E-state index contributed by atoms with van der Waals surface area (Å²) in [6, 6.07) is 9.52. The van der Waals surface area contributed by atoms with Gasteiger partial charge in [0.05, 0.1) is 11.2 Å². The second kappa shape index (κ2) is 12.7. The minimum absolute atomic E-state index is 0.0472. The Morgan fingerprint density at radius 2 is 1.77 bits per heavy atom. The first-order valence-electron chi connectivity index (χ1n) is 16.5. The first kappa shape index (κ1) is 31.5. The third kappa shape index (κ3) is 6.44. The van der Waals surface area contributed by atoms with Crippen LogP contribution in [0.1, 0.15) is 82.2 Å². The molecule has 2 unspecified atom stereocenters. The van der Waals surface area contributed by atoms with Crippen molar-refractivity contribution in [3.05, 3.63) is 62.3 Å². The number of rotatable bonds is 4. The zero-order chi connectivity index (χ0) is 30.4. The fourth-order valence-corrected chi connectivity index (χ4v) is 8.95. The highest BCUT2D eigenvalue weighted by Crippen LogP contribution is 2.44. The number of pyridine rings is 1. The summed E-state index contributed by atoms with van der Waals surface area (Å²) in [6.45, 7) is 16.3. The van der Waals surface area contributed by atoms with E-state index in [1.807, 2.05) is 12.3 Å². The Labute approximate surface area is 272 Å². The number of fused-ring (bicyclic) bond motifs is 2. The number of nitrogens with one attached hydrogen (secondary N) is 1. The molecule has 1 aliphatic carbocycles. The third-order valence-corrected chi connectivity index (χ3v) is 11.6. The quantitative estimate of drug-likeness (QED) is 0.416. The molecule has 1 aromatic heterocycles. The van der Waals surface area contributed by atoms with Crippen LogP contribution in [0.25, 0.3) is 0 Å². The first-order chi connectivity index (χ1) is 20.5. The second-order valence-electron chi connectivity index (χ2n) is 14.6. The van der Waals surface area contributed by atoms with Gasteiger partial charge >= 0.3 is 0 Å². The van der Waals surface area contributed by atoms with E-state index in [1.165, 1.54) is 22.4 Å². The number of benzene rings is 1. The maximum Gasteiger partial charge on any atom is 0.223 e. The van der Waals surface area contributed by atoms with Gasteiger partial charge in [0, 0.05) is 66.9 Å². The first-order valence-corrected chi connectivity index (χ1v) is 17.6. The molecule has 6 rings (SSSR count). The standard InChI is InChI=1S/C35H49BrClN5O/c1-34(2,3)31-23-40(17-18-42(31)32(43)19-24-9-13-38-14-10-24)29-11-15-41(16-12-29)35(4)30-8-7-28(37)21-25(30)5-6-26-20-27(36)22-39-33(26)35/h7-8,20-22,24,29,31,38H,5-6,9-19,23H2,1-4H3. The van der Waals surface area contributed by atoms with Crippen LogP contribution < -0.4 is 5.32 Å². The number of piperidine rings is 2. The zero-order valence-corrected chi connectivity index (χ0v) is 28.8. The fraction of sp³-hybridized carbons (Fsp3) is 0.657. The Kier molecular flexibility index (Phi) is 9.30. The van der Waals surface area contributed by atoms with Crippen LogP contribution in [0.3, 0.4) is 0 Å². The van der Waals surface area contributed by atoms with Crippen molar-refractivity contribution in [2.45, 2.75) is 90.3 Å².